The molecule has 2 amide bonds. The number of alkyl halides is 3. The maximum Gasteiger partial charge on any atom is 0.416 e. The van der Waals surface area contributed by atoms with Crippen LogP contribution in [0.25, 0.3) is 11.0 Å². The minimum absolute atomic E-state index is 0.0848. The zero-order valence-corrected chi connectivity index (χ0v) is 25.4. The van der Waals surface area contributed by atoms with Gasteiger partial charge in [-0.25, -0.2) is 14.8 Å². The van der Waals surface area contributed by atoms with Crippen LogP contribution in [-0.4, -0.2) is 56.2 Å². The topological polar surface area (TPSA) is 111 Å². The van der Waals surface area contributed by atoms with Crippen LogP contribution in [0.2, 0.25) is 0 Å². The van der Waals surface area contributed by atoms with Crippen molar-refractivity contribution in [2.45, 2.75) is 64.9 Å². The summed E-state index contributed by atoms with van der Waals surface area (Å²) in [7, 11) is 0. The molecule has 3 heterocycles. The lowest BCUT2D eigenvalue weighted by atomic mass is 10.2. The highest BCUT2D eigenvalue weighted by atomic mass is 19.4. The number of rotatable bonds is 8. The fourth-order valence-electron chi connectivity index (χ4n) is 5.15. The maximum atomic E-state index is 13.1. The summed E-state index contributed by atoms with van der Waals surface area (Å²) in [6.45, 7) is 8.39. The highest BCUT2D eigenvalue weighted by molar-refractivity contribution is 5.88. The fraction of sp³-hybridized carbons (Fsp3) is 0.375. The molecule has 0 saturated carbocycles. The third-order valence-electron chi connectivity index (χ3n) is 7.21. The summed E-state index contributed by atoms with van der Waals surface area (Å²) < 4.78 is 52.5. The lowest BCUT2D eigenvalue weighted by Crippen LogP contribution is -2.48. The minimum Gasteiger partial charge on any atom is -0.457 e. The van der Waals surface area contributed by atoms with Gasteiger partial charge in [-0.3, -0.25) is 9.69 Å². The van der Waals surface area contributed by atoms with E-state index in [2.05, 4.69) is 20.6 Å². The van der Waals surface area contributed by atoms with Gasteiger partial charge in [-0.2, -0.15) is 13.2 Å². The van der Waals surface area contributed by atoms with Crippen molar-refractivity contribution in [3.05, 3.63) is 72.2 Å². The van der Waals surface area contributed by atoms with Crippen molar-refractivity contribution in [3.63, 3.8) is 0 Å². The van der Waals surface area contributed by atoms with Gasteiger partial charge in [-0.15, -0.1) is 0 Å². The van der Waals surface area contributed by atoms with Crippen LogP contribution in [0.5, 0.6) is 11.5 Å². The average molecular weight is 625 g/mol. The number of fused-ring (bicyclic) bond motifs is 1. The summed E-state index contributed by atoms with van der Waals surface area (Å²) in [5.41, 5.74) is 1.39. The second-order valence-corrected chi connectivity index (χ2v) is 11.8. The standard InChI is InChI=1S/C32H35F3N6O4/c1-20-17-22(10-11-26(20)44-23-8-5-7-21(18-23)32(33,34)35)39-28-27-24(37-19-38-28)12-15-40(27)16-13-36-29(42)25-9-6-14-41(25)30(43)45-31(2,3)4/h5,7-8,10-12,15,17-19,25H,6,9,13-14,16H2,1-4H3,(H,36,42)(H,37,38,39). The number of nitrogens with zero attached hydrogens (tertiary/aromatic N) is 4. The first-order valence-corrected chi connectivity index (χ1v) is 14.6. The molecule has 1 aliphatic heterocycles. The zero-order valence-electron chi connectivity index (χ0n) is 25.4. The van der Waals surface area contributed by atoms with Crippen LogP contribution in [0.15, 0.2) is 61.1 Å². The first-order valence-electron chi connectivity index (χ1n) is 14.6. The predicted molar refractivity (Wildman–Crippen MR) is 162 cm³/mol. The van der Waals surface area contributed by atoms with Crippen molar-refractivity contribution < 1.29 is 32.2 Å². The Morgan fingerprint density at radius 2 is 1.87 bits per heavy atom. The molecule has 5 rings (SSSR count). The molecule has 45 heavy (non-hydrogen) atoms. The number of aryl methyl sites for hydroxylation is 1. The van der Waals surface area contributed by atoms with E-state index < -0.39 is 29.5 Å². The Hall–Kier alpha value is -4.81. The highest BCUT2D eigenvalue weighted by Crippen LogP contribution is 2.34. The molecular weight excluding hydrogens is 589 g/mol. The van der Waals surface area contributed by atoms with Gasteiger partial charge < -0.3 is 24.7 Å². The number of nitrogens with one attached hydrogen (secondary N) is 2. The van der Waals surface area contributed by atoms with Crippen molar-refractivity contribution >= 4 is 34.5 Å². The predicted octanol–water partition coefficient (Wildman–Crippen LogP) is 6.81. The summed E-state index contributed by atoms with van der Waals surface area (Å²) in [6, 6.07) is 11.2. The Morgan fingerprint density at radius 3 is 2.60 bits per heavy atom. The number of hydrogen-bond donors (Lipinski definition) is 2. The lowest BCUT2D eigenvalue weighted by molar-refractivity contribution is -0.137. The van der Waals surface area contributed by atoms with Crippen LogP contribution >= 0.6 is 0 Å². The molecule has 238 valence electrons. The van der Waals surface area contributed by atoms with E-state index in [0.717, 1.165) is 24.1 Å². The number of likely N-dealkylation sites (tertiary alicyclic amines) is 1. The van der Waals surface area contributed by atoms with E-state index in [-0.39, 0.29) is 11.7 Å². The molecule has 0 spiro atoms. The second-order valence-electron chi connectivity index (χ2n) is 11.8. The van der Waals surface area contributed by atoms with Gasteiger partial charge in [0.2, 0.25) is 5.91 Å². The molecule has 4 aromatic rings. The summed E-state index contributed by atoms with van der Waals surface area (Å²) in [6.07, 6.45) is -0.356. The molecule has 0 aliphatic carbocycles. The number of benzene rings is 2. The van der Waals surface area contributed by atoms with Crippen LogP contribution in [-0.2, 0) is 22.3 Å². The van der Waals surface area contributed by atoms with Gasteiger partial charge in [0.05, 0.1) is 11.1 Å². The number of anilines is 2. The summed E-state index contributed by atoms with van der Waals surface area (Å²) >= 11 is 0. The van der Waals surface area contributed by atoms with Gasteiger partial charge >= 0.3 is 12.3 Å². The molecule has 1 fully saturated rings. The number of aromatic nitrogens is 3. The van der Waals surface area contributed by atoms with Crippen molar-refractivity contribution in [2.75, 3.05) is 18.4 Å². The molecule has 10 nitrogen and oxygen atoms in total. The van der Waals surface area contributed by atoms with E-state index in [1.54, 1.807) is 39.8 Å². The smallest absolute Gasteiger partial charge is 0.416 e. The van der Waals surface area contributed by atoms with E-state index >= 15 is 0 Å². The normalized spacial score (nSPS) is 15.3. The van der Waals surface area contributed by atoms with Gasteiger partial charge in [-0.1, -0.05) is 6.07 Å². The highest BCUT2D eigenvalue weighted by Gasteiger charge is 2.36. The number of carbonyl (C=O) groups excluding carboxylic acids is 2. The molecule has 1 aliphatic rings. The van der Waals surface area contributed by atoms with Crippen molar-refractivity contribution in [1.82, 2.24) is 24.8 Å². The van der Waals surface area contributed by atoms with Crippen LogP contribution < -0.4 is 15.4 Å². The Bertz CT molecular complexity index is 1700. The van der Waals surface area contributed by atoms with Crippen LogP contribution in [0.3, 0.4) is 0 Å². The number of amides is 2. The van der Waals surface area contributed by atoms with Gasteiger partial charge in [0.1, 0.15) is 35.0 Å². The Balaban J connectivity index is 1.24. The molecule has 2 aromatic carbocycles. The van der Waals surface area contributed by atoms with E-state index in [4.69, 9.17) is 9.47 Å². The first-order chi connectivity index (χ1) is 21.3. The molecule has 0 bridgehead atoms. The Morgan fingerprint density at radius 1 is 1.07 bits per heavy atom. The fourth-order valence-corrected chi connectivity index (χ4v) is 5.15. The minimum atomic E-state index is -4.47. The van der Waals surface area contributed by atoms with Crippen LogP contribution in [0, 0.1) is 6.92 Å². The summed E-state index contributed by atoms with van der Waals surface area (Å²) in [5.74, 6) is 0.808. The average Bonchev–Trinajstić information content (AvgIpc) is 3.62. The molecule has 1 atom stereocenters. The van der Waals surface area contributed by atoms with Gasteiger partial charge in [0.25, 0.3) is 0 Å². The molecule has 2 N–H and O–H groups in total. The van der Waals surface area contributed by atoms with Crippen LogP contribution in [0.4, 0.5) is 29.5 Å². The van der Waals surface area contributed by atoms with Crippen molar-refractivity contribution in [2.24, 2.45) is 0 Å². The van der Waals surface area contributed by atoms with Crippen molar-refractivity contribution in [3.8, 4) is 11.5 Å². The SMILES string of the molecule is Cc1cc(Nc2ncnc3ccn(CCNC(=O)C4CCCN4C(=O)OC(C)(C)C)c23)ccc1Oc1cccc(C(F)(F)F)c1. The molecule has 1 saturated heterocycles. The third-order valence-corrected chi connectivity index (χ3v) is 7.21. The van der Waals surface area contributed by atoms with Gasteiger partial charge in [0, 0.05) is 31.5 Å². The zero-order chi connectivity index (χ0) is 32.4. The number of carbonyl (C=O) groups is 2. The second kappa shape index (κ2) is 12.7. The molecule has 0 radical (unpaired) electrons. The number of halogens is 3. The van der Waals surface area contributed by atoms with E-state index in [1.807, 2.05) is 22.9 Å². The Kier molecular flexibility index (Phi) is 8.89. The largest absolute Gasteiger partial charge is 0.457 e. The summed E-state index contributed by atoms with van der Waals surface area (Å²) in [4.78, 5) is 35.9. The summed E-state index contributed by atoms with van der Waals surface area (Å²) in [5, 5.41) is 6.24. The van der Waals surface area contributed by atoms with E-state index in [9.17, 15) is 22.8 Å². The molecular formula is C32H35F3N6O4. The lowest BCUT2D eigenvalue weighted by Gasteiger charge is -2.28. The third kappa shape index (κ3) is 7.65. The van der Waals surface area contributed by atoms with Gasteiger partial charge in [0.15, 0.2) is 5.82 Å². The number of ether oxygens (including phenoxy) is 2. The molecule has 1 unspecified atom stereocenters. The van der Waals surface area contributed by atoms with Crippen molar-refractivity contribution in [1.29, 1.82) is 0 Å². The number of hydrogen-bond acceptors (Lipinski definition) is 7. The monoisotopic (exact) mass is 624 g/mol. The quantitative estimate of drug-likeness (QED) is 0.222. The van der Waals surface area contributed by atoms with Crippen LogP contribution in [0.1, 0.15) is 44.7 Å². The van der Waals surface area contributed by atoms with E-state index in [1.165, 1.54) is 23.4 Å². The molecule has 2 aromatic heterocycles. The first kappa shape index (κ1) is 31.6. The molecule has 13 heteroatoms. The Labute approximate surface area is 258 Å². The van der Waals surface area contributed by atoms with Gasteiger partial charge in [-0.05, 0) is 88.6 Å². The van der Waals surface area contributed by atoms with E-state index in [0.29, 0.717) is 54.4 Å². The maximum absolute atomic E-state index is 13.1.